The van der Waals surface area contributed by atoms with E-state index in [-0.39, 0.29) is 11.6 Å². The van der Waals surface area contributed by atoms with Gasteiger partial charge in [0.15, 0.2) is 5.41 Å². The van der Waals surface area contributed by atoms with Crippen LogP contribution in [0.25, 0.3) is 0 Å². The van der Waals surface area contributed by atoms with Crippen molar-refractivity contribution in [2.75, 3.05) is 0 Å². The lowest BCUT2D eigenvalue weighted by atomic mass is 9.53. The fourth-order valence-electron chi connectivity index (χ4n) is 4.08. The van der Waals surface area contributed by atoms with E-state index in [0.717, 1.165) is 34.9 Å². The first-order valence-electron chi connectivity index (χ1n) is 7.86. The molecular weight excluding hydrogens is 364 g/mol. The molecule has 1 aromatic rings. The third-order valence-corrected chi connectivity index (χ3v) is 5.89. The van der Waals surface area contributed by atoms with Crippen molar-refractivity contribution in [3.05, 3.63) is 46.0 Å². The van der Waals surface area contributed by atoms with Gasteiger partial charge in [0, 0.05) is 10.4 Å². The van der Waals surface area contributed by atoms with E-state index in [1.165, 1.54) is 0 Å². The van der Waals surface area contributed by atoms with Crippen LogP contribution in [-0.2, 0) is 0 Å². The molecule has 118 valence electrons. The molecule has 0 spiro atoms. The van der Waals surface area contributed by atoms with Gasteiger partial charge in [-0.2, -0.15) is 15.8 Å². The van der Waals surface area contributed by atoms with E-state index in [1.807, 2.05) is 30.3 Å². The van der Waals surface area contributed by atoms with Gasteiger partial charge >= 0.3 is 0 Å². The molecule has 0 amide bonds. The number of halogens is 1. The van der Waals surface area contributed by atoms with E-state index in [0.29, 0.717) is 0 Å². The average Bonchev–Trinajstić information content (AvgIpc) is 2.62. The van der Waals surface area contributed by atoms with Crippen LogP contribution in [0.3, 0.4) is 0 Å². The fourth-order valence-corrected chi connectivity index (χ4v) is 4.61. The molecule has 24 heavy (non-hydrogen) atoms. The van der Waals surface area contributed by atoms with Gasteiger partial charge in [-0.1, -0.05) is 40.2 Å². The Morgan fingerprint density at radius 1 is 1.17 bits per heavy atom. The van der Waals surface area contributed by atoms with Crippen LogP contribution in [0.15, 0.2) is 40.4 Å². The Labute approximate surface area is 149 Å². The molecule has 1 saturated carbocycles. The van der Waals surface area contributed by atoms with E-state index in [9.17, 15) is 15.8 Å². The first kappa shape index (κ1) is 16.4. The molecule has 1 N–H and O–H groups in total. The summed E-state index contributed by atoms with van der Waals surface area (Å²) in [7, 11) is 0. The van der Waals surface area contributed by atoms with E-state index in [4.69, 9.17) is 5.41 Å². The number of hydrogen-bond donors (Lipinski definition) is 1. The van der Waals surface area contributed by atoms with Gasteiger partial charge < -0.3 is 5.41 Å². The summed E-state index contributed by atoms with van der Waals surface area (Å²) in [5, 5.41) is 37.8. The van der Waals surface area contributed by atoms with E-state index < -0.39 is 17.3 Å². The van der Waals surface area contributed by atoms with Crippen LogP contribution >= 0.6 is 15.9 Å². The second kappa shape index (κ2) is 6.23. The monoisotopic (exact) mass is 378 g/mol. The second-order valence-electron chi connectivity index (χ2n) is 6.25. The van der Waals surface area contributed by atoms with Crippen molar-refractivity contribution in [2.45, 2.75) is 25.2 Å². The summed E-state index contributed by atoms with van der Waals surface area (Å²) in [6.45, 7) is 0. The quantitative estimate of drug-likeness (QED) is 0.730. The molecule has 0 heterocycles. The number of nitrogens with one attached hydrogen (secondary N) is 1. The maximum Gasteiger partial charge on any atom is 0.189 e. The van der Waals surface area contributed by atoms with Gasteiger partial charge in [0.1, 0.15) is 5.92 Å². The molecule has 0 bridgehead atoms. The molecule has 5 heteroatoms. The summed E-state index contributed by atoms with van der Waals surface area (Å²) in [6.07, 6.45) is 4.72. The fraction of sp³-hybridized carbons (Fsp3) is 0.368. The standard InChI is InChI=1S/C19H15BrN4/c20-16-8-4-3-7-14(16)17-13-6-2-1-5-12(13)15(9-21)18(24)19(17,10-22)11-23/h3-5,7-8,13,15,17,24H,1-2,6H2/t13-,15+,17-/m1/s1. The SMILES string of the molecule is N#C[C@@H]1C(=N)C(C#N)(C#N)[C@@H](c2ccccc2Br)[C@@H]2CCCC=C12. The van der Waals surface area contributed by atoms with Gasteiger partial charge in [-0.15, -0.1) is 0 Å². The van der Waals surface area contributed by atoms with Gasteiger partial charge in [-0.3, -0.25) is 0 Å². The summed E-state index contributed by atoms with van der Waals surface area (Å²) in [5.41, 5.74) is 0.0826. The largest absolute Gasteiger partial charge is 0.305 e. The first-order chi connectivity index (χ1) is 11.6. The summed E-state index contributed by atoms with van der Waals surface area (Å²) >= 11 is 3.54. The predicted octanol–water partition coefficient (Wildman–Crippen LogP) is 4.47. The second-order valence-corrected chi connectivity index (χ2v) is 7.10. The molecule has 3 rings (SSSR count). The zero-order valence-electron chi connectivity index (χ0n) is 13.0. The van der Waals surface area contributed by atoms with Crippen LogP contribution < -0.4 is 0 Å². The van der Waals surface area contributed by atoms with Gasteiger partial charge in [-0.05, 0) is 42.4 Å². The summed E-state index contributed by atoms with van der Waals surface area (Å²) in [4.78, 5) is 0. The lowest BCUT2D eigenvalue weighted by molar-refractivity contribution is 0.319. The van der Waals surface area contributed by atoms with Crippen LogP contribution in [-0.4, -0.2) is 5.71 Å². The summed E-state index contributed by atoms with van der Waals surface area (Å²) in [5.74, 6) is -1.27. The molecule has 0 aliphatic heterocycles. The Kier molecular flexibility index (Phi) is 4.27. The third-order valence-electron chi connectivity index (χ3n) is 5.17. The minimum absolute atomic E-state index is 0.0597. The van der Waals surface area contributed by atoms with Gasteiger partial charge in [-0.25, -0.2) is 0 Å². The van der Waals surface area contributed by atoms with E-state index in [2.05, 4.69) is 34.1 Å². The molecule has 0 radical (unpaired) electrons. The molecule has 0 unspecified atom stereocenters. The van der Waals surface area contributed by atoms with E-state index >= 15 is 0 Å². The molecule has 0 aromatic heterocycles. The van der Waals surface area contributed by atoms with Crippen molar-refractivity contribution in [2.24, 2.45) is 17.3 Å². The third kappa shape index (κ3) is 2.19. The number of fused-ring (bicyclic) bond motifs is 1. The number of nitriles is 3. The first-order valence-corrected chi connectivity index (χ1v) is 8.65. The molecule has 3 atom stereocenters. The van der Waals surface area contributed by atoms with Crippen LogP contribution in [0.2, 0.25) is 0 Å². The smallest absolute Gasteiger partial charge is 0.189 e. The maximum atomic E-state index is 9.88. The minimum atomic E-state index is -1.61. The Bertz CT molecular complexity index is 835. The van der Waals surface area contributed by atoms with Crippen LogP contribution in [0, 0.1) is 56.7 Å². The Balaban J connectivity index is 2.29. The maximum absolute atomic E-state index is 9.88. The van der Waals surface area contributed by atoms with E-state index in [1.54, 1.807) is 0 Å². The van der Waals surface area contributed by atoms with Crippen LogP contribution in [0.4, 0.5) is 0 Å². The average molecular weight is 379 g/mol. The predicted molar refractivity (Wildman–Crippen MR) is 92.8 cm³/mol. The molecular formula is C19H15BrN4. The van der Waals surface area contributed by atoms with Crippen LogP contribution in [0.5, 0.6) is 0 Å². The number of nitrogens with zero attached hydrogens (tertiary/aromatic N) is 3. The highest BCUT2D eigenvalue weighted by Gasteiger charge is 2.57. The lowest BCUT2D eigenvalue weighted by Crippen LogP contribution is -2.48. The van der Waals surface area contributed by atoms with Crippen molar-refractivity contribution in [1.82, 2.24) is 0 Å². The van der Waals surface area contributed by atoms with Crippen LogP contribution in [0.1, 0.15) is 30.7 Å². The molecule has 2 aliphatic carbocycles. The topological polar surface area (TPSA) is 95.2 Å². The number of rotatable bonds is 1. The van der Waals surface area contributed by atoms with Crippen molar-refractivity contribution < 1.29 is 0 Å². The Morgan fingerprint density at radius 2 is 1.88 bits per heavy atom. The van der Waals surface area contributed by atoms with Gasteiger partial charge in [0.2, 0.25) is 0 Å². The molecule has 0 saturated heterocycles. The Hall–Kier alpha value is -2.42. The zero-order chi connectivity index (χ0) is 17.3. The summed E-state index contributed by atoms with van der Waals surface area (Å²) < 4.78 is 0.831. The summed E-state index contributed by atoms with van der Waals surface area (Å²) in [6, 6.07) is 13.9. The molecule has 1 aromatic carbocycles. The molecule has 1 fully saturated rings. The highest BCUT2D eigenvalue weighted by molar-refractivity contribution is 9.10. The lowest BCUT2D eigenvalue weighted by Gasteiger charge is -2.46. The van der Waals surface area contributed by atoms with Crippen molar-refractivity contribution in [3.8, 4) is 18.2 Å². The Morgan fingerprint density at radius 3 is 2.50 bits per heavy atom. The number of benzene rings is 1. The highest BCUT2D eigenvalue weighted by atomic mass is 79.9. The zero-order valence-corrected chi connectivity index (χ0v) is 14.5. The van der Waals surface area contributed by atoms with Gasteiger partial charge in [0.25, 0.3) is 0 Å². The van der Waals surface area contributed by atoms with Crippen molar-refractivity contribution in [1.29, 1.82) is 21.2 Å². The van der Waals surface area contributed by atoms with Crippen molar-refractivity contribution >= 4 is 21.6 Å². The molecule has 2 aliphatic rings. The van der Waals surface area contributed by atoms with Crippen molar-refractivity contribution in [3.63, 3.8) is 0 Å². The normalized spacial score (nSPS) is 27.8. The highest BCUT2D eigenvalue weighted by Crippen LogP contribution is 2.56. The number of allylic oxidation sites excluding steroid dienone is 2. The van der Waals surface area contributed by atoms with Gasteiger partial charge in [0.05, 0.1) is 23.9 Å². The number of hydrogen-bond acceptors (Lipinski definition) is 4. The minimum Gasteiger partial charge on any atom is -0.305 e. The molecule has 4 nitrogen and oxygen atoms in total.